The van der Waals surface area contributed by atoms with Crippen molar-refractivity contribution in [3.05, 3.63) is 22.6 Å². The van der Waals surface area contributed by atoms with Crippen LogP contribution < -0.4 is 16.0 Å². The fourth-order valence-electron chi connectivity index (χ4n) is 2.04. The lowest BCUT2D eigenvalue weighted by Crippen LogP contribution is -2.35. The van der Waals surface area contributed by atoms with Gasteiger partial charge in [-0.2, -0.15) is 5.10 Å². The molecule has 0 saturated carbocycles. The van der Waals surface area contributed by atoms with E-state index in [4.69, 9.17) is 10.5 Å². The van der Waals surface area contributed by atoms with Gasteiger partial charge >= 0.3 is 0 Å². The van der Waals surface area contributed by atoms with Crippen molar-refractivity contribution in [2.45, 2.75) is 32.4 Å². The quantitative estimate of drug-likeness (QED) is 0.792. The van der Waals surface area contributed by atoms with E-state index in [1.807, 2.05) is 6.92 Å². The van der Waals surface area contributed by atoms with Crippen LogP contribution in [0.5, 0.6) is 5.75 Å². The predicted octanol–water partition coefficient (Wildman–Crippen LogP) is -0.408. The van der Waals surface area contributed by atoms with Crippen LogP contribution in [0, 0.1) is 0 Å². The van der Waals surface area contributed by atoms with E-state index in [1.54, 1.807) is 4.90 Å². The molecule has 110 valence electrons. The van der Waals surface area contributed by atoms with Crippen molar-refractivity contribution in [2.75, 3.05) is 19.7 Å². The van der Waals surface area contributed by atoms with Gasteiger partial charge in [-0.15, -0.1) is 0 Å². The third-order valence-electron chi connectivity index (χ3n) is 3.10. The van der Waals surface area contributed by atoms with Crippen LogP contribution >= 0.6 is 0 Å². The van der Waals surface area contributed by atoms with Gasteiger partial charge in [-0.3, -0.25) is 9.59 Å². The van der Waals surface area contributed by atoms with Gasteiger partial charge in [0.05, 0.1) is 6.20 Å². The molecule has 20 heavy (non-hydrogen) atoms. The van der Waals surface area contributed by atoms with E-state index in [0.717, 1.165) is 30.6 Å². The van der Waals surface area contributed by atoms with E-state index in [0.29, 0.717) is 12.4 Å². The van der Waals surface area contributed by atoms with Crippen LogP contribution in [0.15, 0.2) is 17.1 Å². The minimum atomic E-state index is -0.347. The highest BCUT2D eigenvalue weighted by Crippen LogP contribution is 2.08. The molecule has 1 fully saturated rings. The number of nitrogens with two attached hydrogens (primary N) is 1. The van der Waals surface area contributed by atoms with Crippen LogP contribution in [0.1, 0.15) is 19.8 Å². The van der Waals surface area contributed by atoms with Gasteiger partial charge < -0.3 is 15.4 Å². The van der Waals surface area contributed by atoms with E-state index in [2.05, 4.69) is 5.10 Å². The first-order chi connectivity index (χ1) is 9.56. The Morgan fingerprint density at radius 3 is 2.80 bits per heavy atom. The normalized spacial score (nSPS) is 16.2. The second kappa shape index (κ2) is 6.51. The number of carbonyl (C=O) groups is 1. The third kappa shape index (κ3) is 3.80. The molecular formula is C13H20N4O3. The Morgan fingerprint density at radius 1 is 1.50 bits per heavy atom. The Balaban J connectivity index is 1.98. The smallest absolute Gasteiger partial charge is 0.270 e. The minimum absolute atomic E-state index is 0.0214. The Labute approximate surface area is 117 Å². The maximum atomic E-state index is 11.9. The molecule has 1 aliphatic rings. The molecule has 0 radical (unpaired) electrons. The molecule has 0 bridgehead atoms. The summed E-state index contributed by atoms with van der Waals surface area (Å²) in [6.07, 6.45) is 3.48. The van der Waals surface area contributed by atoms with Crippen LogP contribution in [-0.2, 0) is 11.3 Å². The summed E-state index contributed by atoms with van der Waals surface area (Å²) in [4.78, 5) is 25.6. The number of hydrogen-bond donors (Lipinski definition) is 1. The van der Waals surface area contributed by atoms with Crippen molar-refractivity contribution in [1.29, 1.82) is 0 Å². The molecule has 2 heterocycles. The highest BCUT2D eigenvalue weighted by Gasteiger charge is 2.18. The van der Waals surface area contributed by atoms with Gasteiger partial charge in [-0.25, -0.2) is 4.68 Å². The molecule has 1 aromatic rings. The Hall–Kier alpha value is -1.89. The fraction of sp³-hybridized carbons (Fsp3) is 0.615. The maximum Gasteiger partial charge on any atom is 0.270 e. The second-order valence-corrected chi connectivity index (χ2v) is 5.06. The average Bonchev–Trinajstić information content (AvgIpc) is 2.93. The average molecular weight is 280 g/mol. The first kappa shape index (κ1) is 14.5. The number of carbonyl (C=O) groups excluding carboxylic acids is 1. The molecule has 1 saturated heterocycles. The van der Waals surface area contributed by atoms with Gasteiger partial charge in [0.25, 0.3) is 5.56 Å². The number of aromatic nitrogens is 2. The summed E-state index contributed by atoms with van der Waals surface area (Å²) in [5.41, 5.74) is 5.22. The van der Waals surface area contributed by atoms with Gasteiger partial charge in [0.2, 0.25) is 5.91 Å². The number of rotatable bonds is 5. The maximum absolute atomic E-state index is 11.9. The molecule has 1 atom stereocenters. The van der Waals surface area contributed by atoms with Crippen molar-refractivity contribution in [1.82, 2.24) is 14.7 Å². The highest BCUT2D eigenvalue weighted by molar-refractivity contribution is 5.76. The highest BCUT2D eigenvalue weighted by atomic mass is 16.5. The topological polar surface area (TPSA) is 90.4 Å². The zero-order valence-electron chi connectivity index (χ0n) is 11.6. The van der Waals surface area contributed by atoms with Crippen molar-refractivity contribution >= 4 is 5.91 Å². The Morgan fingerprint density at radius 2 is 2.20 bits per heavy atom. The molecule has 1 aromatic heterocycles. The number of likely N-dealkylation sites (tertiary alicyclic amines) is 1. The van der Waals surface area contributed by atoms with Crippen molar-refractivity contribution < 1.29 is 9.53 Å². The SMILES string of the molecule is CC(N)COc1cnn(CC(=O)N2CCCC2)c(=O)c1. The van der Waals surface area contributed by atoms with Crippen molar-refractivity contribution in [3.8, 4) is 5.75 Å². The molecule has 7 nitrogen and oxygen atoms in total. The molecule has 0 aliphatic carbocycles. The van der Waals surface area contributed by atoms with Gasteiger partial charge in [0.15, 0.2) is 0 Å². The minimum Gasteiger partial charge on any atom is -0.490 e. The zero-order chi connectivity index (χ0) is 14.5. The molecule has 1 amide bonds. The van der Waals surface area contributed by atoms with Gasteiger partial charge in [-0.1, -0.05) is 0 Å². The fourth-order valence-corrected chi connectivity index (χ4v) is 2.04. The van der Waals surface area contributed by atoms with Crippen LogP contribution in [0.4, 0.5) is 0 Å². The molecule has 2 N–H and O–H groups in total. The standard InChI is InChI=1S/C13H20N4O3/c1-10(14)9-20-11-6-12(18)17(15-7-11)8-13(19)16-4-2-3-5-16/h6-7,10H,2-5,8-9,14H2,1H3. The summed E-state index contributed by atoms with van der Waals surface area (Å²) in [6.45, 7) is 3.64. The van der Waals surface area contributed by atoms with Crippen LogP contribution in [0.2, 0.25) is 0 Å². The van der Waals surface area contributed by atoms with E-state index < -0.39 is 0 Å². The second-order valence-electron chi connectivity index (χ2n) is 5.06. The van der Waals surface area contributed by atoms with Crippen molar-refractivity contribution in [3.63, 3.8) is 0 Å². The van der Waals surface area contributed by atoms with E-state index in [1.165, 1.54) is 12.3 Å². The number of amides is 1. The van der Waals surface area contributed by atoms with E-state index in [9.17, 15) is 9.59 Å². The van der Waals surface area contributed by atoms with Crippen LogP contribution in [-0.4, -0.2) is 46.3 Å². The third-order valence-corrected chi connectivity index (χ3v) is 3.10. The number of ether oxygens (including phenoxy) is 1. The zero-order valence-corrected chi connectivity index (χ0v) is 11.6. The summed E-state index contributed by atoms with van der Waals surface area (Å²) in [7, 11) is 0. The molecule has 2 rings (SSSR count). The Bertz CT molecular complexity index is 521. The lowest BCUT2D eigenvalue weighted by Gasteiger charge is -2.15. The molecule has 0 spiro atoms. The van der Waals surface area contributed by atoms with Crippen LogP contribution in [0.3, 0.4) is 0 Å². The van der Waals surface area contributed by atoms with Gasteiger partial charge in [0.1, 0.15) is 18.9 Å². The first-order valence-corrected chi connectivity index (χ1v) is 6.79. The monoisotopic (exact) mass is 280 g/mol. The van der Waals surface area contributed by atoms with Crippen molar-refractivity contribution in [2.24, 2.45) is 5.73 Å². The van der Waals surface area contributed by atoms with Gasteiger partial charge in [0, 0.05) is 25.2 Å². The molecule has 1 aliphatic heterocycles. The summed E-state index contributed by atoms with van der Waals surface area (Å²) in [6, 6.07) is 1.21. The summed E-state index contributed by atoms with van der Waals surface area (Å²) in [5, 5.41) is 3.96. The summed E-state index contributed by atoms with van der Waals surface area (Å²) >= 11 is 0. The molecular weight excluding hydrogens is 260 g/mol. The number of hydrogen-bond acceptors (Lipinski definition) is 5. The largest absolute Gasteiger partial charge is 0.490 e. The number of nitrogens with zero attached hydrogens (tertiary/aromatic N) is 3. The summed E-state index contributed by atoms with van der Waals surface area (Å²) < 4.78 is 6.46. The predicted molar refractivity (Wildman–Crippen MR) is 73.5 cm³/mol. The van der Waals surface area contributed by atoms with Gasteiger partial charge in [-0.05, 0) is 19.8 Å². The first-order valence-electron chi connectivity index (χ1n) is 6.79. The molecule has 1 unspecified atom stereocenters. The summed E-state index contributed by atoms with van der Waals surface area (Å²) in [5.74, 6) is 0.304. The molecule has 0 aromatic carbocycles. The van der Waals surface area contributed by atoms with Crippen LogP contribution in [0.25, 0.3) is 0 Å². The lowest BCUT2D eigenvalue weighted by molar-refractivity contribution is -0.131. The molecule has 7 heteroatoms. The Kier molecular flexibility index (Phi) is 4.73. The van der Waals surface area contributed by atoms with E-state index in [-0.39, 0.29) is 24.1 Å². The van der Waals surface area contributed by atoms with E-state index >= 15 is 0 Å². The lowest BCUT2D eigenvalue weighted by atomic mass is 10.4.